The van der Waals surface area contributed by atoms with Crippen molar-refractivity contribution < 1.29 is 4.74 Å². The summed E-state index contributed by atoms with van der Waals surface area (Å²) >= 11 is 12.0. The number of nitrogens with zero attached hydrogens (tertiary/aromatic N) is 6. The summed E-state index contributed by atoms with van der Waals surface area (Å²) < 4.78 is 6.80. The lowest BCUT2D eigenvalue weighted by molar-refractivity contribution is 0.122. The van der Waals surface area contributed by atoms with Crippen molar-refractivity contribution in [3.05, 3.63) is 22.2 Å². The van der Waals surface area contributed by atoms with Gasteiger partial charge in [0.1, 0.15) is 0 Å². The maximum atomic E-state index is 5.99. The molecule has 0 unspecified atom stereocenters. The van der Waals surface area contributed by atoms with E-state index in [0.717, 1.165) is 13.1 Å². The molecule has 0 saturated carbocycles. The predicted molar refractivity (Wildman–Crippen MR) is 74.7 cm³/mol. The SMILES string of the molecule is Cc1nn(-c2nc(Cl)nc(N3CCOCC3)n2)cc1Cl. The zero-order valence-corrected chi connectivity index (χ0v) is 12.3. The van der Waals surface area contributed by atoms with E-state index in [9.17, 15) is 0 Å². The number of anilines is 1. The summed E-state index contributed by atoms with van der Waals surface area (Å²) in [6, 6.07) is 0. The van der Waals surface area contributed by atoms with Gasteiger partial charge >= 0.3 is 0 Å². The van der Waals surface area contributed by atoms with Crippen LogP contribution in [0.4, 0.5) is 5.95 Å². The molecule has 0 radical (unpaired) electrons. The van der Waals surface area contributed by atoms with E-state index in [-0.39, 0.29) is 5.28 Å². The summed E-state index contributed by atoms with van der Waals surface area (Å²) in [4.78, 5) is 14.6. The average Bonchev–Trinajstić information content (AvgIpc) is 2.79. The Balaban J connectivity index is 1.97. The van der Waals surface area contributed by atoms with Crippen LogP contribution in [0.25, 0.3) is 5.95 Å². The Hall–Kier alpha value is -1.44. The minimum atomic E-state index is 0.126. The van der Waals surface area contributed by atoms with Crippen molar-refractivity contribution >= 4 is 29.2 Å². The molecule has 106 valence electrons. The van der Waals surface area contributed by atoms with Crippen LogP contribution in [0, 0.1) is 6.92 Å². The Kier molecular flexibility index (Phi) is 3.73. The van der Waals surface area contributed by atoms with Crippen LogP contribution in [0.2, 0.25) is 10.3 Å². The van der Waals surface area contributed by atoms with Gasteiger partial charge in [-0.2, -0.15) is 20.1 Å². The molecule has 1 saturated heterocycles. The van der Waals surface area contributed by atoms with Gasteiger partial charge in [0.05, 0.1) is 30.1 Å². The average molecular weight is 315 g/mol. The number of morpholine rings is 1. The molecule has 0 aliphatic carbocycles. The van der Waals surface area contributed by atoms with Crippen molar-refractivity contribution in [1.82, 2.24) is 24.7 Å². The van der Waals surface area contributed by atoms with Crippen molar-refractivity contribution in [3.63, 3.8) is 0 Å². The fraction of sp³-hybridized carbons (Fsp3) is 0.455. The molecule has 7 nitrogen and oxygen atoms in total. The minimum absolute atomic E-state index is 0.126. The summed E-state index contributed by atoms with van der Waals surface area (Å²) in [7, 11) is 0. The molecule has 2 aromatic heterocycles. The minimum Gasteiger partial charge on any atom is -0.378 e. The fourth-order valence-corrected chi connectivity index (χ4v) is 2.16. The largest absolute Gasteiger partial charge is 0.378 e. The van der Waals surface area contributed by atoms with Gasteiger partial charge in [-0.3, -0.25) is 0 Å². The molecule has 20 heavy (non-hydrogen) atoms. The smallest absolute Gasteiger partial charge is 0.256 e. The second-order valence-electron chi connectivity index (χ2n) is 4.31. The van der Waals surface area contributed by atoms with Crippen LogP contribution in [0.3, 0.4) is 0 Å². The standard InChI is InChI=1S/C11H12Cl2N6O/c1-7-8(12)6-19(17-7)11-15-9(13)14-10(16-11)18-2-4-20-5-3-18/h6H,2-5H2,1H3. The van der Waals surface area contributed by atoms with Crippen LogP contribution in [-0.4, -0.2) is 51.0 Å². The summed E-state index contributed by atoms with van der Waals surface area (Å²) in [6.07, 6.45) is 1.64. The van der Waals surface area contributed by atoms with Gasteiger partial charge in [-0.1, -0.05) is 11.6 Å². The maximum absolute atomic E-state index is 5.99. The van der Waals surface area contributed by atoms with Crippen LogP contribution >= 0.6 is 23.2 Å². The maximum Gasteiger partial charge on any atom is 0.256 e. The third kappa shape index (κ3) is 2.70. The Morgan fingerprint density at radius 3 is 2.45 bits per heavy atom. The molecule has 2 aromatic rings. The van der Waals surface area contributed by atoms with Crippen molar-refractivity contribution in [2.24, 2.45) is 0 Å². The van der Waals surface area contributed by atoms with E-state index in [1.165, 1.54) is 4.68 Å². The van der Waals surface area contributed by atoms with E-state index < -0.39 is 0 Å². The van der Waals surface area contributed by atoms with Crippen LogP contribution in [0.1, 0.15) is 5.69 Å². The molecule has 1 fully saturated rings. The highest BCUT2D eigenvalue weighted by Crippen LogP contribution is 2.18. The van der Waals surface area contributed by atoms with Gasteiger partial charge in [-0.25, -0.2) is 4.68 Å². The molecule has 0 spiro atoms. The van der Waals surface area contributed by atoms with Gasteiger partial charge in [0.2, 0.25) is 11.2 Å². The van der Waals surface area contributed by atoms with E-state index in [0.29, 0.717) is 35.8 Å². The molecule has 0 N–H and O–H groups in total. The van der Waals surface area contributed by atoms with Crippen molar-refractivity contribution in [3.8, 4) is 5.95 Å². The molecule has 0 bridgehead atoms. The van der Waals surface area contributed by atoms with Crippen LogP contribution in [-0.2, 0) is 4.74 Å². The molecule has 0 aromatic carbocycles. The first-order valence-corrected chi connectivity index (χ1v) is 6.85. The van der Waals surface area contributed by atoms with E-state index in [1.54, 1.807) is 6.20 Å². The number of ether oxygens (including phenoxy) is 1. The van der Waals surface area contributed by atoms with Crippen LogP contribution in [0.5, 0.6) is 0 Å². The number of rotatable bonds is 2. The summed E-state index contributed by atoms with van der Waals surface area (Å²) in [5, 5.41) is 4.91. The molecule has 3 rings (SSSR count). The van der Waals surface area contributed by atoms with Crippen molar-refractivity contribution in [2.45, 2.75) is 6.92 Å². The lowest BCUT2D eigenvalue weighted by atomic mass is 10.4. The highest BCUT2D eigenvalue weighted by Gasteiger charge is 2.17. The van der Waals surface area contributed by atoms with Crippen LogP contribution in [0.15, 0.2) is 6.20 Å². The first-order valence-electron chi connectivity index (χ1n) is 6.10. The topological polar surface area (TPSA) is 69.0 Å². The molecular formula is C11H12Cl2N6O. The van der Waals surface area contributed by atoms with Gasteiger partial charge in [-0.15, -0.1) is 0 Å². The Morgan fingerprint density at radius 1 is 1.10 bits per heavy atom. The molecule has 0 atom stereocenters. The Labute approximate surface area is 125 Å². The molecular weight excluding hydrogens is 303 g/mol. The van der Waals surface area contributed by atoms with Crippen molar-refractivity contribution in [2.75, 3.05) is 31.2 Å². The van der Waals surface area contributed by atoms with Gasteiger partial charge in [-0.05, 0) is 18.5 Å². The zero-order chi connectivity index (χ0) is 14.1. The quantitative estimate of drug-likeness (QED) is 0.837. The number of hydrogen-bond donors (Lipinski definition) is 0. The third-order valence-corrected chi connectivity index (χ3v) is 3.46. The normalized spacial score (nSPS) is 15.7. The summed E-state index contributed by atoms with van der Waals surface area (Å²) in [6.45, 7) is 4.54. The summed E-state index contributed by atoms with van der Waals surface area (Å²) in [5.74, 6) is 0.870. The predicted octanol–water partition coefficient (Wildman–Crippen LogP) is 1.51. The van der Waals surface area contributed by atoms with E-state index in [2.05, 4.69) is 20.1 Å². The summed E-state index contributed by atoms with van der Waals surface area (Å²) in [5.41, 5.74) is 0.705. The lowest BCUT2D eigenvalue weighted by Gasteiger charge is -2.26. The Bertz CT molecular complexity index is 606. The van der Waals surface area contributed by atoms with Crippen LogP contribution < -0.4 is 4.90 Å². The number of hydrogen-bond acceptors (Lipinski definition) is 6. The van der Waals surface area contributed by atoms with Gasteiger partial charge in [0.15, 0.2) is 0 Å². The monoisotopic (exact) mass is 314 g/mol. The zero-order valence-electron chi connectivity index (χ0n) is 10.8. The number of halogens is 2. The van der Waals surface area contributed by atoms with E-state index in [1.807, 2.05) is 11.8 Å². The van der Waals surface area contributed by atoms with E-state index >= 15 is 0 Å². The molecule has 0 amide bonds. The third-order valence-electron chi connectivity index (χ3n) is 2.92. The fourth-order valence-electron chi connectivity index (χ4n) is 1.88. The second kappa shape index (κ2) is 5.51. The second-order valence-corrected chi connectivity index (χ2v) is 5.06. The molecule has 1 aliphatic rings. The molecule has 9 heteroatoms. The first-order chi connectivity index (χ1) is 9.63. The van der Waals surface area contributed by atoms with Crippen molar-refractivity contribution in [1.29, 1.82) is 0 Å². The molecule has 3 heterocycles. The first kappa shape index (κ1) is 13.5. The highest BCUT2D eigenvalue weighted by atomic mass is 35.5. The van der Waals surface area contributed by atoms with E-state index in [4.69, 9.17) is 27.9 Å². The number of aromatic nitrogens is 5. The number of aryl methyl sites for hydroxylation is 1. The highest BCUT2D eigenvalue weighted by molar-refractivity contribution is 6.31. The van der Waals surface area contributed by atoms with Gasteiger partial charge in [0, 0.05) is 13.1 Å². The van der Waals surface area contributed by atoms with Gasteiger partial charge in [0.25, 0.3) is 5.95 Å². The van der Waals surface area contributed by atoms with Gasteiger partial charge < -0.3 is 9.64 Å². The molecule has 1 aliphatic heterocycles. The lowest BCUT2D eigenvalue weighted by Crippen LogP contribution is -2.37. The Morgan fingerprint density at radius 2 is 1.80 bits per heavy atom.